The highest BCUT2D eigenvalue weighted by Gasteiger charge is 2.37. The summed E-state index contributed by atoms with van der Waals surface area (Å²) >= 11 is 6.20. The van der Waals surface area contributed by atoms with E-state index in [0.29, 0.717) is 24.5 Å². The Kier molecular flexibility index (Phi) is 3.78. The van der Waals surface area contributed by atoms with E-state index in [1.807, 2.05) is 13.0 Å². The van der Waals surface area contributed by atoms with E-state index in [4.69, 9.17) is 16.3 Å². The Morgan fingerprint density at radius 3 is 2.78 bits per heavy atom. The van der Waals surface area contributed by atoms with Crippen molar-refractivity contribution in [3.05, 3.63) is 70.8 Å². The van der Waals surface area contributed by atoms with Gasteiger partial charge in [0.05, 0.1) is 12.6 Å². The van der Waals surface area contributed by atoms with E-state index in [1.54, 1.807) is 0 Å². The average Bonchev–Trinajstić information content (AvgIpc) is 3.05. The summed E-state index contributed by atoms with van der Waals surface area (Å²) in [6.45, 7) is 2.71. The predicted octanol–water partition coefficient (Wildman–Crippen LogP) is 5.57. The molecule has 2 aromatic rings. The van der Waals surface area contributed by atoms with Crippen LogP contribution in [0.15, 0.2) is 54.6 Å². The Morgan fingerprint density at radius 2 is 2.00 bits per heavy atom. The zero-order valence-corrected chi connectivity index (χ0v) is 13.9. The van der Waals surface area contributed by atoms with E-state index in [9.17, 15) is 0 Å². The highest BCUT2D eigenvalue weighted by atomic mass is 35.5. The minimum Gasteiger partial charge on any atom is -0.494 e. The van der Waals surface area contributed by atoms with Gasteiger partial charge in [-0.15, -0.1) is 0 Å². The van der Waals surface area contributed by atoms with Gasteiger partial charge in [0.15, 0.2) is 0 Å². The van der Waals surface area contributed by atoms with Gasteiger partial charge in [-0.25, -0.2) is 0 Å². The Labute approximate surface area is 142 Å². The van der Waals surface area contributed by atoms with Gasteiger partial charge in [0.1, 0.15) is 5.75 Å². The number of hydrogen-bond acceptors (Lipinski definition) is 2. The molecule has 3 unspecified atom stereocenters. The molecule has 0 aromatic heterocycles. The minimum atomic E-state index is 0.319. The van der Waals surface area contributed by atoms with E-state index >= 15 is 0 Å². The summed E-state index contributed by atoms with van der Waals surface area (Å²) in [6.07, 6.45) is 5.73. The van der Waals surface area contributed by atoms with Gasteiger partial charge < -0.3 is 10.1 Å². The fourth-order valence-electron chi connectivity index (χ4n) is 3.83. The van der Waals surface area contributed by atoms with Crippen LogP contribution in [0.25, 0.3) is 0 Å². The predicted molar refractivity (Wildman–Crippen MR) is 95.4 cm³/mol. The van der Waals surface area contributed by atoms with Gasteiger partial charge in [0.2, 0.25) is 0 Å². The van der Waals surface area contributed by atoms with Crippen LogP contribution >= 0.6 is 11.6 Å². The fraction of sp³-hybridized carbons (Fsp3) is 0.300. The molecule has 0 saturated carbocycles. The molecule has 0 spiro atoms. The smallest absolute Gasteiger partial charge is 0.119 e. The van der Waals surface area contributed by atoms with Crippen molar-refractivity contribution in [2.45, 2.75) is 25.3 Å². The van der Waals surface area contributed by atoms with Crippen LogP contribution in [0.2, 0.25) is 5.02 Å². The Bertz CT molecular complexity index is 738. The van der Waals surface area contributed by atoms with Crippen LogP contribution in [-0.2, 0) is 0 Å². The first-order chi connectivity index (χ1) is 11.3. The first kappa shape index (κ1) is 14.6. The van der Waals surface area contributed by atoms with Gasteiger partial charge in [-0.2, -0.15) is 0 Å². The van der Waals surface area contributed by atoms with Crippen LogP contribution in [-0.4, -0.2) is 6.61 Å². The second kappa shape index (κ2) is 5.93. The van der Waals surface area contributed by atoms with Crippen LogP contribution in [0.3, 0.4) is 0 Å². The van der Waals surface area contributed by atoms with Crippen molar-refractivity contribution < 1.29 is 4.74 Å². The summed E-state index contributed by atoms with van der Waals surface area (Å²) in [5.74, 6) is 1.92. The zero-order valence-electron chi connectivity index (χ0n) is 13.1. The average molecular weight is 326 g/mol. The summed E-state index contributed by atoms with van der Waals surface area (Å²) in [6, 6.07) is 15.0. The Hall–Kier alpha value is -1.93. The zero-order chi connectivity index (χ0) is 15.8. The van der Waals surface area contributed by atoms with Crippen LogP contribution in [0.1, 0.15) is 36.4 Å². The van der Waals surface area contributed by atoms with Crippen molar-refractivity contribution in [1.82, 2.24) is 0 Å². The molecule has 0 radical (unpaired) electrons. The van der Waals surface area contributed by atoms with Gasteiger partial charge in [-0.3, -0.25) is 0 Å². The van der Waals surface area contributed by atoms with Crippen molar-refractivity contribution in [2.75, 3.05) is 11.9 Å². The van der Waals surface area contributed by atoms with Crippen molar-refractivity contribution in [3.63, 3.8) is 0 Å². The number of anilines is 1. The van der Waals surface area contributed by atoms with Crippen molar-refractivity contribution in [3.8, 4) is 5.75 Å². The van der Waals surface area contributed by atoms with E-state index < -0.39 is 0 Å². The lowest BCUT2D eigenvalue weighted by Crippen LogP contribution is -2.29. The molecule has 1 N–H and O–H groups in total. The van der Waals surface area contributed by atoms with Crippen LogP contribution in [0, 0.1) is 5.92 Å². The molecular formula is C20H20ClNO. The lowest BCUT2D eigenvalue weighted by atomic mass is 9.77. The van der Waals surface area contributed by atoms with Crippen molar-refractivity contribution in [1.29, 1.82) is 0 Å². The molecule has 0 saturated heterocycles. The minimum absolute atomic E-state index is 0.319. The van der Waals surface area contributed by atoms with Gasteiger partial charge in [-0.05, 0) is 60.7 Å². The number of ether oxygens (including phenoxy) is 1. The number of allylic oxidation sites excluding steroid dienone is 2. The molecule has 0 fully saturated rings. The topological polar surface area (TPSA) is 21.3 Å². The van der Waals surface area contributed by atoms with Gasteiger partial charge in [0, 0.05) is 16.6 Å². The normalized spacial score (nSPS) is 24.7. The van der Waals surface area contributed by atoms with Crippen molar-refractivity contribution >= 4 is 17.3 Å². The molecule has 2 aromatic carbocycles. The highest BCUT2D eigenvalue weighted by molar-refractivity contribution is 6.30. The van der Waals surface area contributed by atoms with E-state index in [-0.39, 0.29) is 0 Å². The lowest BCUT2D eigenvalue weighted by Gasteiger charge is -2.37. The van der Waals surface area contributed by atoms with E-state index in [0.717, 1.165) is 17.2 Å². The largest absolute Gasteiger partial charge is 0.494 e. The lowest BCUT2D eigenvalue weighted by molar-refractivity contribution is 0.340. The summed E-state index contributed by atoms with van der Waals surface area (Å²) in [4.78, 5) is 0. The Morgan fingerprint density at radius 1 is 1.17 bits per heavy atom. The first-order valence-corrected chi connectivity index (χ1v) is 8.59. The van der Waals surface area contributed by atoms with Gasteiger partial charge in [-0.1, -0.05) is 35.9 Å². The van der Waals surface area contributed by atoms with Gasteiger partial charge in [0.25, 0.3) is 0 Å². The number of rotatable bonds is 3. The molecule has 118 valence electrons. The summed E-state index contributed by atoms with van der Waals surface area (Å²) < 4.78 is 5.56. The van der Waals surface area contributed by atoms with Crippen molar-refractivity contribution in [2.24, 2.45) is 5.92 Å². The second-order valence-electron chi connectivity index (χ2n) is 6.21. The highest BCUT2D eigenvalue weighted by Crippen LogP contribution is 2.50. The second-order valence-corrected chi connectivity index (χ2v) is 6.65. The third kappa shape index (κ3) is 2.61. The summed E-state index contributed by atoms with van der Waals surface area (Å²) in [5.41, 5.74) is 3.83. The molecular weight excluding hydrogens is 306 g/mol. The third-order valence-corrected chi connectivity index (χ3v) is 5.11. The molecule has 1 aliphatic heterocycles. The maximum absolute atomic E-state index is 6.20. The maximum atomic E-state index is 6.20. The number of halogens is 1. The first-order valence-electron chi connectivity index (χ1n) is 8.21. The number of benzene rings is 2. The fourth-order valence-corrected chi connectivity index (χ4v) is 4.01. The summed E-state index contributed by atoms with van der Waals surface area (Å²) in [7, 11) is 0. The Balaban J connectivity index is 1.69. The molecule has 3 heteroatoms. The summed E-state index contributed by atoms with van der Waals surface area (Å²) in [5, 5.41) is 4.53. The quantitative estimate of drug-likeness (QED) is 0.745. The van der Waals surface area contributed by atoms with Crippen LogP contribution in [0.4, 0.5) is 5.69 Å². The number of fused-ring (bicyclic) bond motifs is 3. The van der Waals surface area contributed by atoms with Crippen LogP contribution < -0.4 is 10.1 Å². The third-order valence-electron chi connectivity index (χ3n) is 4.88. The molecule has 2 nitrogen and oxygen atoms in total. The maximum Gasteiger partial charge on any atom is 0.119 e. The van der Waals surface area contributed by atoms with E-state index in [1.165, 1.54) is 16.8 Å². The van der Waals surface area contributed by atoms with Gasteiger partial charge >= 0.3 is 0 Å². The van der Waals surface area contributed by atoms with Crippen LogP contribution in [0.5, 0.6) is 5.75 Å². The molecule has 2 aliphatic rings. The molecule has 4 rings (SSSR count). The molecule has 3 atom stereocenters. The number of hydrogen-bond donors (Lipinski definition) is 1. The molecule has 1 heterocycles. The molecule has 0 bridgehead atoms. The molecule has 23 heavy (non-hydrogen) atoms. The monoisotopic (exact) mass is 325 g/mol. The van der Waals surface area contributed by atoms with E-state index in [2.05, 4.69) is 53.9 Å². The number of nitrogens with one attached hydrogen (secondary N) is 1. The molecule has 0 amide bonds. The SMILES string of the molecule is CCOc1ccc(C2Nc3ccc(Cl)cc3C3C=CCC32)cc1. The standard InChI is InChI=1S/C20H20ClNO/c1-2-23-15-9-6-13(7-10-15)20-17-5-3-4-16(17)18-12-14(21)8-11-19(18)22-20/h3-4,6-12,16-17,20,22H,2,5H2,1H3. The molecule has 1 aliphatic carbocycles.